The van der Waals surface area contributed by atoms with Gasteiger partial charge in [0.15, 0.2) is 0 Å². The predicted octanol–water partition coefficient (Wildman–Crippen LogP) is 8.45. The van der Waals surface area contributed by atoms with Crippen LogP contribution in [0, 0.1) is 0 Å². The normalized spacial score (nSPS) is 13.1. The number of hydrogen-bond acceptors (Lipinski definition) is 2. The average molecular weight is 548 g/mol. The van der Waals surface area contributed by atoms with E-state index >= 15 is 0 Å². The monoisotopic (exact) mass is 547 g/mol. The van der Waals surface area contributed by atoms with Crippen molar-refractivity contribution in [2.24, 2.45) is 0 Å². The molecule has 0 spiro atoms. The zero-order valence-electron chi connectivity index (χ0n) is 20.3. The molecule has 0 fully saturated rings. The summed E-state index contributed by atoms with van der Waals surface area (Å²) in [6.07, 6.45) is 5.26. The van der Waals surface area contributed by atoms with E-state index in [1.165, 1.54) is 17.7 Å². The molecule has 1 aliphatic rings. The molecule has 1 aliphatic heterocycles. The van der Waals surface area contributed by atoms with Gasteiger partial charge in [0.25, 0.3) is 0 Å². The highest BCUT2D eigenvalue weighted by Crippen LogP contribution is 2.40. The molecule has 192 valence electrons. The molecule has 2 aromatic heterocycles. The minimum Gasteiger partial charge on any atom is -0.435 e. The summed E-state index contributed by atoms with van der Waals surface area (Å²) >= 11 is 12.2. The van der Waals surface area contributed by atoms with Crippen molar-refractivity contribution in [1.82, 2.24) is 8.97 Å². The number of benzene rings is 3. The van der Waals surface area contributed by atoms with Crippen LogP contribution in [-0.4, -0.2) is 20.6 Å². The topological polar surface area (TPSA) is 30.6 Å². The molecule has 4 nitrogen and oxygen atoms in total. The number of alkyl halides is 2. The lowest BCUT2D eigenvalue weighted by atomic mass is 9.98. The highest BCUT2D eigenvalue weighted by Gasteiger charge is 2.28. The highest BCUT2D eigenvalue weighted by atomic mass is 35.5. The largest absolute Gasteiger partial charge is 0.435 e. The number of aryl methyl sites for hydroxylation is 2. The zero-order chi connectivity index (χ0) is 26.2. The van der Waals surface area contributed by atoms with E-state index in [1.54, 1.807) is 12.1 Å². The van der Waals surface area contributed by atoms with Crippen LogP contribution in [0.25, 0.3) is 28.0 Å². The lowest BCUT2D eigenvalue weighted by Crippen LogP contribution is -2.14. The Morgan fingerprint density at radius 3 is 2.37 bits per heavy atom. The van der Waals surface area contributed by atoms with Gasteiger partial charge in [-0.15, -0.1) is 0 Å². The first kappa shape index (κ1) is 24.6. The Balaban J connectivity index is 1.51. The molecule has 0 aliphatic carbocycles. The van der Waals surface area contributed by atoms with E-state index in [-0.39, 0.29) is 5.75 Å². The standard InChI is InChI=1S/C30H24ClF2N3OS/c31-21-11-9-20(10-12-21)26-24-8-4-5-17-35-25(19-6-2-1-3-7-19)18-36(29(24)35)27(26)28(38)34-22-13-15-23(16-14-22)37-30(32)33/h1-3,6-7,9-16,18,30H,4-5,8,17H2,(H,34,38). The van der Waals surface area contributed by atoms with Crippen LogP contribution in [0.3, 0.4) is 0 Å². The quantitative estimate of drug-likeness (QED) is 0.216. The zero-order valence-corrected chi connectivity index (χ0v) is 21.9. The summed E-state index contributed by atoms with van der Waals surface area (Å²) in [6.45, 7) is -1.95. The number of thiocarbonyl (C=S) groups is 1. The van der Waals surface area contributed by atoms with Gasteiger partial charge in [-0.2, -0.15) is 8.78 Å². The predicted molar refractivity (Wildman–Crippen MR) is 153 cm³/mol. The van der Waals surface area contributed by atoms with Crippen molar-refractivity contribution < 1.29 is 13.5 Å². The van der Waals surface area contributed by atoms with Gasteiger partial charge >= 0.3 is 6.61 Å². The van der Waals surface area contributed by atoms with E-state index in [2.05, 4.69) is 49.5 Å². The number of nitrogens with one attached hydrogen (secondary N) is 1. The van der Waals surface area contributed by atoms with Gasteiger partial charge in [-0.25, -0.2) is 0 Å². The number of halogens is 3. The highest BCUT2D eigenvalue weighted by molar-refractivity contribution is 7.81. The summed E-state index contributed by atoms with van der Waals surface area (Å²) in [5, 5.41) is 4.00. The lowest BCUT2D eigenvalue weighted by Gasteiger charge is -2.13. The second-order valence-electron chi connectivity index (χ2n) is 9.25. The Bertz CT molecular complexity index is 1610. The Labute approximate surface area is 229 Å². The summed E-state index contributed by atoms with van der Waals surface area (Å²) in [6, 6.07) is 24.6. The molecule has 3 heterocycles. The lowest BCUT2D eigenvalue weighted by molar-refractivity contribution is -0.0498. The maximum Gasteiger partial charge on any atom is 0.387 e. The molecule has 3 aromatic carbocycles. The third-order valence-electron chi connectivity index (χ3n) is 6.89. The van der Waals surface area contributed by atoms with E-state index in [0.29, 0.717) is 15.7 Å². The number of imidazole rings is 1. The first-order chi connectivity index (χ1) is 18.5. The van der Waals surface area contributed by atoms with Crippen molar-refractivity contribution in [1.29, 1.82) is 0 Å². The summed E-state index contributed by atoms with van der Waals surface area (Å²) in [5.74, 6) is 0.0948. The van der Waals surface area contributed by atoms with Crippen molar-refractivity contribution in [3.8, 4) is 28.1 Å². The number of nitrogens with zero attached hydrogens (tertiary/aromatic N) is 2. The first-order valence-electron chi connectivity index (χ1n) is 12.4. The smallest absolute Gasteiger partial charge is 0.387 e. The number of anilines is 1. The first-order valence-corrected chi connectivity index (χ1v) is 13.2. The van der Waals surface area contributed by atoms with E-state index in [4.69, 9.17) is 23.8 Å². The van der Waals surface area contributed by atoms with Gasteiger partial charge in [0, 0.05) is 34.6 Å². The van der Waals surface area contributed by atoms with Gasteiger partial charge in [-0.05, 0) is 66.8 Å². The van der Waals surface area contributed by atoms with Crippen LogP contribution in [0.15, 0.2) is 85.1 Å². The van der Waals surface area contributed by atoms with E-state index in [1.807, 2.05) is 30.3 Å². The second-order valence-corrected chi connectivity index (χ2v) is 10.1. The maximum atomic E-state index is 12.6. The Kier molecular flexibility index (Phi) is 6.64. The Morgan fingerprint density at radius 2 is 1.66 bits per heavy atom. The molecule has 0 saturated heterocycles. The molecule has 38 heavy (non-hydrogen) atoms. The SMILES string of the molecule is FC(F)Oc1ccc(NC(=S)c2c(-c3ccc(Cl)cc3)c3c4n(c(-c5ccccc5)cn24)CCCC3)cc1. The molecular weight excluding hydrogens is 524 g/mol. The number of rotatable bonds is 6. The number of hydrogen-bond donors (Lipinski definition) is 1. The van der Waals surface area contributed by atoms with Gasteiger partial charge < -0.3 is 14.6 Å². The van der Waals surface area contributed by atoms with Crippen molar-refractivity contribution in [2.75, 3.05) is 5.32 Å². The Morgan fingerprint density at radius 1 is 0.921 bits per heavy atom. The summed E-state index contributed by atoms with van der Waals surface area (Å²) in [7, 11) is 0. The van der Waals surface area contributed by atoms with E-state index in [9.17, 15) is 8.78 Å². The fourth-order valence-corrected chi connectivity index (χ4v) is 5.73. The fraction of sp³-hybridized carbons (Fsp3) is 0.167. The summed E-state index contributed by atoms with van der Waals surface area (Å²) < 4.78 is 34.3. The summed E-state index contributed by atoms with van der Waals surface area (Å²) in [4.78, 5) is 0.538. The number of ether oxygens (including phenoxy) is 1. The third kappa shape index (κ3) is 4.57. The molecule has 0 radical (unpaired) electrons. The van der Waals surface area contributed by atoms with E-state index in [0.717, 1.165) is 59.5 Å². The molecule has 0 unspecified atom stereocenters. The molecular formula is C30H24ClF2N3OS. The summed E-state index contributed by atoms with van der Waals surface area (Å²) in [5.41, 5.74) is 8.39. The van der Waals surface area contributed by atoms with Crippen molar-refractivity contribution >= 4 is 40.1 Å². The van der Waals surface area contributed by atoms with Crippen LogP contribution >= 0.6 is 23.8 Å². The molecule has 0 amide bonds. The van der Waals surface area contributed by atoms with Crippen LogP contribution in [-0.2, 0) is 13.0 Å². The minimum absolute atomic E-state index is 0.0948. The maximum absolute atomic E-state index is 12.6. The fourth-order valence-electron chi connectivity index (χ4n) is 5.29. The van der Waals surface area contributed by atoms with Crippen LogP contribution in [0.2, 0.25) is 5.02 Å². The van der Waals surface area contributed by atoms with Crippen molar-refractivity contribution in [3.05, 3.63) is 101 Å². The van der Waals surface area contributed by atoms with Gasteiger partial charge in [0.2, 0.25) is 0 Å². The van der Waals surface area contributed by atoms with Gasteiger partial charge in [0.05, 0.1) is 11.4 Å². The Hall–Kier alpha value is -3.68. The molecule has 6 rings (SSSR count). The second kappa shape index (κ2) is 10.2. The number of aromatic nitrogens is 2. The van der Waals surface area contributed by atoms with Gasteiger partial charge in [-0.3, -0.25) is 4.40 Å². The van der Waals surface area contributed by atoms with Gasteiger partial charge in [-0.1, -0.05) is 66.3 Å². The molecule has 8 heteroatoms. The molecule has 0 bridgehead atoms. The van der Waals surface area contributed by atoms with Crippen LogP contribution in [0.4, 0.5) is 14.5 Å². The van der Waals surface area contributed by atoms with Crippen LogP contribution < -0.4 is 10.1 Å². The third-order valence-corrected chi connectivity index (χ3v) is 7.44. The van der Waals surface area contributed by atoms with Gasteiger partial charge in [0.1, 0.15) is 16.4 Å². The van der Waals surface area contributed by atoms with Crippen LogP contribution in [0.1, 0.15) is 24.1 Å². The van der Waals surface area contributed by atoms with Crippen LogP contribution in [0.5, 0.6) is 5.75 Å². The van der Waals surface area contributed by atoms with E-state index < -0.39 is 6.61 Å². The minimum atomic E-state index is -2.87. The average Bonchev–Trinajstić information content (AvgIpc) is 3.33. The molecule has 0 saturated carbocycles. The van der Waals surface area contributed by atoms with Crippen molar-refractivity contribution in [3.63, 3.8) is 0 Å². The van der Waals surface area contributed by atoms with Crippen molar-refractivity contribution in [2.45, 2.75) is 32.4 Å². The molecule has 1 N–H and O–H groups in total. The molecule has 5 aromatic rings. The molecule has 0 atom stereocenters.